The molecule has 0 radical (unpaired) electrons. The summed E-state index contributed by atoms with van der Waals surface area (Å²) in [6.07, 6.45) is -20.6. The molecule has 2 aliphatic heterocycles. The maximum absolute atomic E-state index is 13.7. The molecule has 16 N–H and O–H groups in total. The van der Waals surface area contributed by atoms with Gasteiger partial charge in [-0.15, -0.1) is 0 Å². The second-order valence-electron chi connectivity index (χ2n) is 13.3. The van der Waals surface area contributed by atoms with Crippen molar-refractivity contribution >= 4 is 38.9 Å². The van der Waals surface area contributed by atoms with Crippen LogP contribution in [-0.2, 0) is 47.3 Å². The monoisotopic (exact) mass is 883 g/mol. The van der Waals surface area contributed by atoms with E-state index in [9.17, 15) is 78.5 Å². The number of aliphatic carboxylic acids is 1. The number of carbonyl (C=O) groups is 4. The van der Waals surface area contributed by atoms with Crippen molar-refractivity contribution in [2.24, 2.45) is 10.8 Å². The summed E-state index contributed by atoms with van der Waals surface area (Å²) < 4.78 is 44.4. The fourth-order valence-electron chi connectivity index (χ4n) is 5.48. The minimum absolute atomic E-state index is 0.00519. The summed E-state index contributed by atoms with van der Waals surface area (Å²) in [5.74, 6) is -5.03. The zero-order valence-electron chi connectivity index (χ0n) is 30.6. The first-order valence-corrected chi connectivity index (χ1v) is 21.1. The van der Waals surface area contributed by atoms with Crippen LogP contribution in [0.15, 0.2) is 5.11 Å². The lowest BCUT2D eigenvalue weighted by molar-refractivity contribution is -0.298. The summed E-state index contributed by atoms with van der Waals surface area (Å²) in [5.41, 5.74) is 14.4. The van der Waals surface area contributed by atoms with Crippen LogP contribution in [0.5, 0.6) is 0 Å². The number of amides is 3. The lowest BCUT2D eigenvalue weighted by Gasteiger charge is -2.41. The number of hydrogen-bond donors (Lipinski definition) is 15. The van der Waals surface area contributed by atoms with Crippen LogP contribution in [0, 0.1) is 0 Å². The van der Waals surface area contributed by atoms with Crippen molar-refractivity contribution in [1.82, 2.24) is 16.0 Å². The van der Waals surface area contributed by atoms with Crippen LogP contribution in [0.1, 0.15) is 32.1 Å². The van der Waals surface area contributed by atoms with E-state index >= 15 is 0 Å². The molecule has 334 valence electrons. The molecule has 2 saturated heterocycles. The third-order valence-electron chi connectivity index (χ3n) is 8.70. The lowest BCUT2D eigenvalue weighted by atomic mass is 9.97. The molecule has 13 atom stereocenters. The SMILES string of the molecule is [N-]=[N+]=NCCCC[C@H](N)C(=O)N[C@@H](CO[C@H]1O[C@H](CCP(=O)(O)O)[C@@H](O)[C@H](O)[C@@H]1O)C(=O)N[C@@H](CO[C@H]1OC(CCP(=O)(O)O)[C@@H](O)[C@H](O)[C@@H]1O)C(=O)NCC(=O)O. The van der Waals surface area contributed by atoms with Crippen LogP contribution in [0.2, 0.25) is 0 Å². The summed E-state index contributed by atoms with van der Waals surface area (Å²) in [7, 11) is -9.25. The average molecular weight is 884 g/mol. The van der Waals surface area contributed by atoms with E-state index in [0.29, 0.717) is 6.42 Å². The van der Waals surface area contributed by atoms with Gasteiger partial charge in [0.25, 0.3) is 0 Å². The van der Waals surface area contributed by atoms with E-state index in [1.165, 1.54) is 0 Å². The molecule has 2 fully saturated rings. The highest BCUT2D eigenvalue weighted by Crippen LogP contribution is 2.38. The van der Waals surface area contributed by atoms with Gasteiger partial charge in [-0.3, -0.25) is 28.3 Å². The summed E-state index contributed by atoms with van der Waals surface area (Å²) in [6, 6.07) is -5.09. The van der Waals surface area contributed by atoms with E-state index in [0.717, 1.165) is 0 Å². The molecule has 2 rings (SSSR count). The zero-order chi connectivity index (χ0) is 44.0. The Labute approximate surface area is 328 Å². The second-order valence-corrected chi connectivity index (χ2v) is 16.9. The number of nitrogens with one attached hydrogen (secondary N) is 3. The minimum atomic E-state index is -4.63. The summed E-state index contributed by atoms with van der Waals surface area (Å²) in [4.78, 5) is 90.6. The highest BCUT2D eigenvalue weighted by atomic mass is 31.2. The van der Waals surface area contributed by atoms with Gasteiger partial charge >= 0.3 is 21.2 Å². The Morgan fingerprint density at radius 2 is 1.17 bits per heavy atom. The molecule has 0 aromatic heterocycles. The summed E-state index contributed by atoms with van der Waals surface area (Å²) >= 11 is 0. The van der Waals surface area contributed by atoms with E-state index < -0.39 is 163 Å². The van der Waals surface area contributed by atoms with Crippen molar-refractivity contribution in [3.05, 3.63) is 10.4 Å². The number of rotatable bonds is 24. The van der Waals surface area contributed by atoms with Gasteiger partial charge in [0.15, 0.2) is 12.6 Å². The van der Waals surface area contributed by atoms with Gasteiger partial charge in [-0.1, -0.05) is 11.5 Å². The number of ether oxygens (including phenoxy) is 4. The molecule has 0 saturated carbocycles. The Balaban J connectivity index is 2.33. The zero-order valence-corrected chi connectivity index (χ0v) is 32.4. The third-order valence-corrected chi connectivity index (χ3v) is 10.4. The molecule has 2 heterocycles. The summed E-state index contributed by atoms with van der Waals surface area (Å²) in [5, 5.41) is 81.1. The molecule has 0 aliphatic carbocycles. The third kappa shape index (κ3) is 17.3. The van der Waals surface area contributed by atoms with Gasteiger partial charge in [0.05, 0.1) is 43.8 Å². The number of aliphatic hydroxyl groups excluding tert-OH is 6. The molecule has 0 spiro atoms. The number of nitrogens with zero attached hydrogens (tertiary/aromatic N) is 3. The predicted octanol–water partition coefficient (Wildman–Crippen LogP) is -6.25. The van der Waals surface area contributed by atoms with E-state index in [4.69, 9.17) is 35.3 Å². The molecule has 0 aromatic rings. The van der Waals surface area contributed by atoms with Crippen molar-refractivity contribution < 1.29 is 103 Å². The first-order chi connectivity index (χ1) is 26.9. The van der Waals surface area contributed by atoms with Gasteiger partial charge in [-0.2, -0.15) is 0 Å². The molecule has 30 heteroatoms. The lowest BCUT2D eigenvalue weighted by Crippen LogP contribution is -2.61. The Kier molecular flexibility index (Phi) is 21.0. The Morgan fingerprint density at radius 3 is 1.60 bits per heavy atom. The predicted molar refractivity (Wildman–Crippen MR) is 189 cm³/mol. The van der Waals surface area contributed by atoms with Crippen LogP contribution >= 0.6 is 15.2 Å². The number of aliphatic hydroxyl groups is 6. The number of carbonyl (C=O) groups excluding carboxylic acids is 3. The molecule has 28 nitrogen and oxygen atoms in total. The van der Waals surface area contributed by atoms with Gasteiger partial charge in [-0.25, -0.2) is 0 Å². The highest BCUT2D eigenvalue weighted by Gasteiger charge is 2.47. The molecule has 3 amide bonds. The Hall–Kier alpha value is -2.95. The minimum Gasteiger partial charge on any atom is -0.480 e. The van der Waals surface area contributed by atoms with Crippen molar-refractivity contribution in [2.75, 3.05) is 38.6 Å². The van der Waals surface area contributed by atoms with Crippen LogP contribution in [0.3, 0.4) is 0 Å². The molecule has 58 heavy (non-hydrogen) atoms. The standard InChI is InChI=1S/C28H51N7O21P2/c29-12(3-1-2-6-32-35-30)24(44)33-14(11-54-28-23(43)21(41)19(39)16(56-28)5-8-58(50,51)52)26(46)34-13(25(45)31-9-17(36)37)10-53-27-22(42)20(40)18(38)15(55-27)4-7-57(47,48)49/h12-16,18-23,27-28,38-43H,1-11,29H2,(H,31,45)(H,33,44)(H,34,46)(H,36,37)(H2,47,48,49)(H2,50,51,52)/t12-,13-,14-,15?,16+,18+,19+,20-,21-,22-,23-,27-,28-/m0/s1. The number of carboxylic acids is 1. The largest absolute Gasteiger partial charge is 0.480 e. The molecular formula is C28H51N7O21P2. The number of azide groups is 1. The van der Waals surface area contributed by atoms with Gasteiger partial charge in [0.2, 0.25) is 17.7 Å². The number of nitrogens with two attached hydrogens (primary N) is 1. The number of hydrogen-bond acceptors (Lipinski definition) is 18. The number of carboxylic acid groups (broad SMARTS) is 1. The molecule has 2 aliphatic rings. The highest BCUT2D eigenvalue weighted by molar-refractivity contribution is 7.52. The molecular weight excluding hydrogens is 832 g/mol. The van der Waals surface area contributed by atoms with Crippen LogP contribution in [0.4, 0.5) is 0 Å². The van der Waals surface area contributed by atoms with Crippen LogP contribution in [0.25, 0.3) is 10.4 Å². The topological polar surface area (TPSA) is 473 Å². The fourth-order valence-corrected chi connectivity index (χ4v) is 6.67. The first kappa shape index (κ1) is 51.2. The Bertz CT molecular complexity index is 1520. The van der Waals surface area contributed by atoms with Crippen LogP contribution < -0.4 is 21.7 Å². The number of unbranched alkanes of at least 4 members (excludes halogenated alkanes) is 1. The van der Waals surface area contributed by atoms with Crippen molar-refractivity contribution in [3.63, 3.8) is 0 Å². The maximum Gasteiger partial charge on any atom is 0.325 e. The van der Waals surface area contributed by atoms with E-state index in [1.807, 2.05) is 5.32 Å². The van der Waals surface area contributed by atoms with E-state index in [2.05, 4.69) is 20.7 Å². The first-order valence-electron chi connectivity index (χ1n) is 17.5. The van der Waals surface area contributed by atoms with Gasteiger partial charge in [-0.05, 0) is 31.2 Å². The van der Waals surface area contributed by atoms with E-state index in [1.54, 1.807) is 0 Å². The molecule has 0 bridgehead atoms. The molecule has 0 aromatic carbocycles. The van der Waals surface area contributed by atoms with Crippen molar-refractivity contribution in [3.8, 4) is 0 Å². The average Bonchev–Trinajstić information content (AvgIpc) is 3.14. The van der Waals surface area contributed by atoms with Crippen molar-refractivity contribution in [2.45, 2.75) is 112 Å². The quantitative estimate of drug-likeness (QED) is 0.0141. The van der Waals surface area contributed by atoms with Gasteiger partial charge < -0.3 is 96.0 Å². The normalized spacial score (nSPS) is 29.3. The maximum atomic E-state index is 13.7. The summed E-state index contributed by atoms with van der Waals surface area (Å²) in [6.45, 7) is -2.85. The second kappa shape index (κ2) is 23.7. The van der Waals surface area contributed by atoms with Crippen molar-refractivity contribution in [1.29, 1.82) is 0 Å². The Morgan fingerprint density at radius 1 is 0.724 bits per heavy atom. The van der Waals surface area contributed by atoms with Crippen LogP contribution in [-0.4, -0.2) is 197 Å². The molecule has 1 unspecified atom stereocenters. The fraction of sp³-hybridized carbons (Fsp3) is 0.857. The van der Waals surface area contributed by atoms with Gasteiger partial charge in [0, 0.05) is 11.5 Å². The van der Waals surface area contributed by atoms with Gasteiger partial charge in [0.1, 0.15) is 55.3 Å². The smallest absolute Gasteiger partial charge is 0.325 e. The van der Waals surface area contributed by atoms with E-state index in [-0.39, 0.29) is 19.4 Å².